The average Bonchev–Trinajstić information content (AvgIpc) is 2.52. The van der Waals surface area contributed by atoms with Gasteiger partial charge in [-0.3, -0.25) is 0 Å². The van der Waals surface area contributed by atoms with Crippen LogP contribution in [0.3, 0.4) is 0 Å². The Morgan fingerprint density at radius 2 is 1.78 bits per heavy atom. The van der Waals surface area contributed by atoms with Gasteiger partial charge in [-0.2, -0.15) is 0 Å². The second-order valence-electron chi connectivity index (χ2n) is 6.50. The predicted molar refractivity (Wildman–Crippen MR) is 96.1 cm³/mol. The molecule has 1 fully saturated rings. The van der Waals surface area contributed by atoms with E-state index in [-0.39, 0.29) is 18.5 Å². The lowest BCUT2D eigenvalue weighted by Crippen LogP contribution is -2.35. The van der Waals surface area contributed by atoms with Crippen molar-refractivity contribution in [2.45, 2.75) is 37.7 Å². The minimum Gasteiger partial charge on any atom is -0.493 e. The molecule has 0 aromatic heterocycles. The molecule has 0 spiro atoms. The van der Waals surface area contributed by atoms with Gasteiger partial charge >= 0.3 is 0 Å². The zero-order valence-corrected chi connectivity index (χ0v) is 15.4. The van der Waals surface area contributed by atoms with E-state index in [2.05, 4.69) is 31.1 Å². The van der Waals surface area contributed by atoms with E-state index < -0.39 is 0 Å². The smallest absolute Gasteiger partial charge is 0.160 e. The first-order valence-corrected chi connectivity index (χ1v) is 8.11. The Morgan fingerprint density at radius 3 is 2.35 bits per heavy atom. The SMILES string of the molecule is COc1ccc(C(CN(C)C)[C@H]2CCCC[C@@H]2O)cc1OC.Cl. The molecule has 0 bridgehead atoms. The number of benzene rings is 1. The summed E-state index contributed by atoms with van der Waals surface area (Å²) in [7, 11) is 7.49. The zero-order valence-electron chi connectivity index (χ0n) is 14.6. The molecule has 2 rings (SSSR count). The van der Waals surface area contributed by atoms with Gasteiger partial charge in [-0.15, -0.1) is 12.4 Å². The molecule has 132 valence electrons. The lowest BCUT2D eigenvalue weighted by molar-refractivity contribution is 0.0493. The Kier molecular flexibility index (Phi) is 8.17. The lowest BCUT2D eigenvalue weighted by atomic mass is 9.74. The van der Waals surface area contributed by atoms with Gasteiger partial charge in [-0.25, -0.2) is 0 Å². The summed E-state index contributed by atoms with van der Waals surface area (Å²) in [5.74, 6) is 2.13. The molecule has 1 aromatic carbocycles. The van der Waals surface area contributed by atoms with Crippen LogP contribution in [-0.2, 0) is 0 Å². The van der Waals surface area contributed by atoms with Gasteiger partial charge in [0.2, 0.25) is 0 Å². The van der Waals surface area contributed by atoms with Crippen molar-refractivity contribution in [2.75, 3.05) is 34.9 Å². The summed E-state index contributed by atoms with van der Waals surface area (Å²) < 4.78 is 10.8. The fraction of sp³-hybridized carbons (Fsp3) is 0.667. The van der Waals surface area contributed by atoms with E-state index in [1.165, 1.54) is 12.0 Å². The third kappa shape index (κ3) is 5.00. The number of halogens is 1. The van der Waals surface area contributed by atoms with Gasteiger partial charge in [-0.05, 0) is 50.6 Å². The molecule has 0 saturated heterocycles. The fourth-order valence-electron chi connectivity index (χ4n) is 3.57. The predicted octanol–water partition coefficient (Wildman–Crippen LogP) is 3.32. The summed E-state index contributed by atoms with van der Waals surface area (Å²) in [6.07, 6.45) is 4.15. The van der Waals surface area contributed by atoms with E-state index in [0.717, 1.165) is 37.3 Å². The Balaban J connectivity index is 0.00000264. The maximum Gasteiger partial charge on any atom is 0.160 e. The van der Waals surface area contributed by atoms with Crippen molar-refractivity contribution in [3.8, 4) is 11.5 Å². The van der Waals surface area contributed by atoms with Crippen molar-refractivity contribution in [2.24, 2.45) is 5.92 Å². The van der Waals surface area contributed by atoms with Crippen molar-refractivity contribution < 1.29 is 14.6 Å². The van der Waals surface area contributed by atoms with Crippen molar-refractivity contribution in [3.63, 3.8) is 0 Å². The van der Waals surface area contributed by atoms with Crippen LogP contribution in [0.2, 0.25) is 0 Å². The lowest BCUT2D eigenvalue weighted by Gasteiger charge is -2.36. The van der Waals surface area contributed by atoms with Crippen LogP contribution in [0, 0.1) is 5.92 Å². The fourth-order valence-corrected chi connectivity index (χ4v) is 3.57. The third-order valence-electron chi connectivity index (χ3n) is 4.70. The van der Waals surface area contributed by atoms with Crippen LogP contribution in [0.15, 0.2) is 18.2 Å². The standard InChI is InChI=1S/C18H29NO3.ClH/c1-19(2)12-15(14-7-5-6-8-16(14)20)13-9-10-17(21-3)18(11-13)22-4;/h9-11,14-16,20H,5-8,12H2,1-4H3;1H/t14-,15?,16+;/m1./s1. The molecular weight excluding hydrogens is 314 g/mol. The number of likely N-dealkylation sites (N-methyl/N-ethyl adjacent to an activating group) is 1. The summed E-state index contributed by atoms with van der Waals surface area (Å²) >= 11 is 0. The number of nitrogens with zero attached hydrogens (tertiary/aromatic N) is 1. The van der Waals surface area contributed by atoms with E-state index >= 15 is 0 Å². The molecule has 4 nitrogen and oxygen atoms in total. The first-order valence-electron chi connectivity index (χ1n) is 8.11. The molecule has 1 saturated carbocycles. The highest BCUT2D eigenvalue weighted by Gasteiger charge is 2.32. The Hall–Kier alpha value is -0.970. The molecule has 0 aliphatic heterocycles. The van der Waals surface area contributed by atoms with Crippen LogP contribution in [0.5, 0.6) is 11.5 Å². The second kappa shape index (κ2) is 9.36. The Labute approximate surface area is 146 Å². The summed E-state index contributed by atoms with van der Waals surface area (Å²) in [5, 5.41) is 10.5. The molecule has 3 atom stereocenters. The number of rotatable bonds is 6. The topological polar surface area (TPSA) is 41.9 Å². The van der Waals surface area contributed by atoms with Crippen molar-refractivity contribution in [1.82, 2.24) is 4.90 Å². The van der Waals surface area contributed by atoms with Crippen LogP contribution in [0.1, 0.15) is 37.2 Å². The largest absolute Gasteiger partial charge is 0.493 e. The maximum absolute atomic E-state index is 10.5. The minimum absolute atomic E-state index is 0. The van der Waals surface area contributed by atoms with E-state index in [1.807, 2.05) is 6.07 Å². The van der Waals surface area contributed by atoms with Crippen LogP contribution < -0.4 is 9.47 Å². The number of aliphatic hydroxyl groups is 1. The summed E-state index contributed by atoms with van der Waals surface area (Å²) in [5.41, 5.74) is 1.22. The zero-order chi connectivity index (χ0) is 16.1. The molecule has 5 heteroatoms. The van der Waals surface area contributed by atoms with Crippen LogP contribution in [0.4, 0.5) is 0 Å². The van der Waals surface area contributed by atoms with Gasteiger partial charge in [0.25, 0.3) is 0 Å². The monoisotopic (exact) mass is 343 g/mol. The number of ether oxygens (including phenoxy) is 2. The molecule has 1 unspecified atom stereocenters. The molecule has 0 amide bonds. The number of hydrogen-bond acceptors (Lipinski definition) is 4. The number of methoxy groups -OCH3 is 2. The van der Waals surface area contributed by atoms with E-state index in [9.17, 15) is 5.11 Å². The Morgan fingerprint density at radius 1 is 1.13 bits per heavy atom. The van der Waals surface area contributed by atoms with E-state index in [0.29, 0.717) is 11.8 Å². The molecule has 1 aliphatic rings. The third-order valence-corrected chi connectivity index (χ3v) is 4.70. The minimum atomic E-state index is -0.202. The van der Waals surface area contributed by atoms with Crippen molar-refractivity contribution in [3.05, 3.63) is 23.8 Å². The average molecular weight is 344 g/mol. The Bertz CT molecular complexity index is 481. The summed E-state index contributed by atoms with van der Waals surface area (Å²) in [4.78, 5) is 2.20. The van der Waals surface area contributed by atoms with Crippen LogP contribution >= 0.6 is 12.4 Å². The van der Waals surface area contributed by atoms with Gasteiger partial charge in [0, 0.05) is 12.5 Å². The van der Waals surface area contributed by atoms with Gasteiger partial charge < -0.3 is 19.5 Å². The molecule has 1 N–H and O–H groups in total. The summed E-state index contributed by atoms with van der Waals surface area (Å²) in [6.45, 7) is 0.928. The second-order valence-corrected chi connectivity index (χ2v) is 6.50. The molecule has 1 aromatic rings. The highest BCUT2D eigenvalue weighted by molar-refractivity contribution is 5.85. The molecule has 1 aliphatic carbocycles. The van der Waals surface area contributed by atoms with E-state index in [4.69, 9.17) is 9.47 Å². The normalized spacial score (nSPS) is 22.3. The van der Waals surface area contributed by atoms with Crippen LogP contribution in [0.25, 0.3) is 0 Å². The van der Waals surface area contributed by atoms with Gasteiger partial charge in [-0.1, -0.05) is 18.9 Å². The van der Waals surface area contributed by atoms with Crippen LogP contribution in [-0.4, -0.2) is 51.0 Å². The van der Waals surface area contributed by atoms with Crippen molar-refractivity contribution >= 4 is 12.4 Å². The first-order chi connectivity index (χ1) is 10.6. The quantitative estimate of drug-likeness (QED) is 0.860. The summed E-state index contributed by atoms with van der Waals surface area (Å²) in [6, 6.07) is 6.14. The number of hydrogen-bond donors (Lipinski definition) is 1. The molecule has 0 heterocycles. The van der Waals surface area contributed by atoms with Gasteiger partial charge in [0.15, 0.2) is 11.5 Å². The van der Waals surface area contributed by atoms with E-state index in [1.54, 1.807) is 14.2 Å². The maximum atomic E-state index is 10.5. The highest BCUT2D eigenvalue weighted by atomic mass is 35.5. The first kappa shape index (κ1) is 20.1. The number of aliphatic hydroxyl groups excluding tert-OH is 1. The molecule has 23 heavy (non-hydrogen) atoms. The highest BCUT2D eigenvalue weighted by Crippen LogP contribution is 2.39. The molecular formula is C18H30ClNO3. The molecule has 0 radical (unpaired) electrons. The van der Waals surface area contributed by atoms with Gasteiger partial charge in [0.05, 0.1) is 20.3 Å². The van der Waals surface area contributed by atoms with Gasteiger partial charge in [0.1, 0.15) is 0 Å². The van der Waals surface area contributed by atoms with Crippen molar-refractivity contribution in [1.29, 1.82) is 0 Å².